The zero-order chi connectivity index (χ0) is 8.86. The molecule has 3 nitrogen and oxygen atoms in total. The van der Waals surface area contributed by atoms with E-state index in [0.717, 1.165) is 0 Å². The first kappa shape index (κ1) is 8.37. The second-order valence-corrected chi connectivity index (χ2v) is 3.92. The summed E-state index contributed by atoms with van der Waals surface area (Å²) in [5.41, 5.74) is -0.482. The highest BCUT2D eigenvalue weighted by molar-refractivity contribution is 5.58. The van der Waals surface area contributed by atoms with Crippen molar-refractivity contribution in [3.05, 3.63) is 0 Å². The molecule has 0 aliphatic heterocycles. The fourth-order valence-corrected chi connectivity index (χ4v) is 1.63. The van der Waals surface area contributed by atoms with E-state index in [1.807, 2.05) is 27.7 Å². The Hall–Kier alpha value is -0.730. The summed E-state index contributed by atoms with van der Waals surface area (Å²) in [6.07, 6.45) is -1.18. The van der Waals surface area contributed by atoms with Gasteiger partial charge in [0.15, 0.2) is 0 Å². The largest absolute Gasteiger partial charge is 0.506 e. The fourth-order valence-electron chi connectivity index (χ4n) is 1.63. The zero-order valence-corrected chi connectivity index (χ0v) is 7.34. The van der Waals surface area contributed by atoms with Crippen LogP contribution in [-0.4, -0.2) is 16.9 Å². The SMILES string of the molecule is CC1C(C)(C)C1(C)OC(=O)O. The van der Waals surface area contributed by atoms with E-state index in [9.17, 15) is 4.79 Å². The van der Waals surface area contributed by atoms with Crippen LogP contribution in [0.15, 0.2) is 0 Å². The first-order chi connectivity index (χ1) is 4.82. The topological polar surface area (TPSA) is 46.5 Å². The van der Waals surface area contributed by atoms with Gasteiger partial charge in [0.2, 0.25) is 0 Å². The molecule has 1 aliphatic carbocycles. The molecule has 0 aromatic rings. The summed E-state index contributed by atoms with van der Waals surface area (Å²) in [5.74, 6) is 0.311. The van der Waals surface area contributed by atoms with Gasteiger partial charge >= 0.3 is 6.16 Å². The molecule has 1 saturated carbocycles. The first-order valence-corrected chi connectivity index (χ1v) is 3.74. The third-order valence-corrected chi connectivity index (χ3v) is 3.40. The Balaban J connectivity index is 2.67. The van der Waals surface area contributed by atoms with Gasteiger partial charge in [-0.15, -0.1) is 0 Å². The number of carboxylic acid groups (broad SMARTS) is 1. The summed E-state index contributed by atoms with van der Waals surface area (Å²) in [7, 11) is 0. The fraction of sp³-hybridized carbons (Fsp3) is 0.875. The Morgan fingerprint density at radius 2 is 1.82 bits per heavy atom. The van der Waals surface area contributed by atoms with Gasteiger partial charge in [-0.05, 0) is 6.92 Å². The second kappa shape index (κ2) is 1.90. The van der Waals surface area contributed by atoms with E-state index in [4.69, 9.17) is 9.84 Å². The zero-order valence-electron chi connectivity index (χ0n) is 7.34. The van der Waals surface area contributed by atoms with Crippen molar-refractivity contribution in [2.45, 2.75) is 33.3 Å². The van der Waals surface area contributed by atoms with Crippen LogP contribution in [0.4, 0.5) is 4.79 Å². The van der Waals surface area contributed by atoms with Crippen LogP contribution in [0, 0.1) is 11.3 Å². The molecule has 0 saturated heterocycles. The first-order valence-electron chi connectivity index (χ1n) is 3.74. The summed E-state index contributed by atoms with van der Waals surface area (Å²) in [5, 5.41) is 8.42. The standard InChI is InChI=1S/C8H14O3/c1-5-7(2,3)8(5,4)11-6(9)10/h5H,1-4H3,(H,9,10). The minimum atomic E-state index is -1.18. The summed E-state index contributed by atoms with van der Waals surface area (Å²) in [6, 6.07) is 0. The van der Waals surface area contributed by atoms with Gasteiger partial charge in [0.25, 0.3) is 0 Å². The molecule has 2 atom stereocenters. The van der Waals surface area contributed by atoms with E-state index in [2.05, 4.69) is 0 Å². The Kier molecular flexibility index (Phi) is 1.44. The molecule has 3 heteroatoms. The van der Waals surface area contributed by atoms with E-state index >= 15 is 0 Å². The monoisotopic (exact) mass is 158 g/mol. The Morgan fingerprint density at radius 3 is 1.91 bits per heavy atom. The van der Waals surface area contributed by atoms with Crippen LogP contribution in [0.3, 0.4) is 0 Å². The molecule has 11 heavy (non-hydrogen) atoms. The smallest absolute Gasteiger partial charge is 0.450 e. The summed E-state index contributed by atoms with van der Waals surface area (Å²) in [4.78, 5) is 10.3. The average molecular weight is 158 g/mol. The van der Waals surface area contributed by atoms with E-state index in [1.165, 1.54) is 0 Å². The summed E-state index contributed by atoms with van der Waals surface area (Å²) >= 11 is 0. The molecule has 2 unspecified atom stereocenters. The van der Waals surface area contributed by atoms with E-state index in [1.54, 1.807) is 0 Å². The number of hydrogen-bond donors (Lipinski definition) is 1. The van der Waals surface area contributed by atoms with Crippen molar-refractivity contribution in [3.63, 3.8) is 0 Å². The Morgan fingerprint density at radius 1 is 1.45 bits per heavy atom. The lowest BCUT2D eigenvalue weighted by atomic mass is 10.1. The normalized spacial score (nSPS) is 39.8. The van der Waals surface area contributed by atoms with Crippen LogP contribution in [-0.2, 0) is 4.74 Å². The van der Waals surface area contributed by atoms with Crippen LogP contribution in [0.2, 0.25) is 0 Å². The van der Waals surface area contributed by atoms with E-state index in [-0.39, 0.29) is 5.41 Å². The second-order valence-electron chi connectivity index (χ2n) is 3.92. The van der Waals surface area contributed by atoms with Crippen LogP contribution >= 0.6 is 0 Å². The predicted molar refractivity (Wildman–Crippen MR) is 40.5 cm³/mol. The Labute approximate surface area is 66.4 Å². The molecular formula is C8H14O3. The van der Waals surface area contributed by atoms with Crippen molar-refractivity contribution < 1.29 is 14.6 Å². The lowest BCUT2D eigenvalue weighted by molar-refractivity contribution is 0.0270. The highest BCUT2D eigenvalue weighted by Crippen LogP contribution is 2.63. The van der Waals surface area contributed by atoms with Gasteiger partial charge in [-0.25, -0.2) is 4.79 Å². The van der Waals surface area contributed by atoms with Gasteiger partial charge in [0, 0.05) is 11.3 Å². The van der Waals surface area contributed by atoms with E-state index in [0.29, 0.717) is 5.92 Å². The van der Waals surface area contributed by atoms with Crippen LogP contribution < -0.4 is 0 Å². The number of carbonyl (C=O) groups is 1. The third kappa shape index (κ3) is 0.905. The van der Waals surface area contributed by atoms with Gasteiger partial charge in [-0.2, -0.15) is 0 Å². The molecule has 1 fully saturated rings. The maximum atomic E-state index is 10.3. The van der Waals surface area contributed by atoms with Crippen molar-refractivity contribution in [3.8, 4) is 0 Å². The number of rotatable bonds is 1. The summed E-state index contributed by atoms with van der Waals surface area (Å²) in [6.45, 7) is 7.87. The molecule has 0 amide bonds. The van der Waals surface area contributed by atoms with Crippen molar-refractivity contribution in [2.75, 3.05) is 0 Å². The van der Waals surface area contributed by atoms with Gasteiger partial charge < -0.3 is 9.84 Å². The van der Waals surface area contributed by atoms with Gasteiger partial charge in [0.1, 0.15) is 5.60 Å². The minimum Gasteiger partial charge on any atom is -0.450 e. The van der Waals surface area contributed by atoms with Gasteiger partial charge in [0.05, 0.1) is 0 Å². The molecule has 0 aromatic carbocycles. The molecule has 0 spiro atoms. The van der Waals surface area contributed by atoms with Crippen LogP contribution in [0.25, 0.3) is 0 Å². The molecular weight excluding hydrogens is 144 g/mol. The molecule has 1 rings (SSSR count). The molecule has 1 N–H and O–H groups in total. The molecule has 0 aromatic heterocycles. The average Bonchev–Trinajstić information content (AvgIpc) is 2.13. The number of ether oxygens (including phenoxy) is 1. The van der Waals surface area contributed by atoms with Gasteiger partial charge in [-0.1, -0.05) is 20.8 Å². The van der Waals surface area contributed by atoms with Crippen molar-refractivity contribution in [2.24, 2.45) is 11.3 Å². The lowest BCUT2D eigenvalue weighted by Crippen LogP contribution is -2.20. The van der Waals surface area contributed by atoms with Crippen molar-refractivity contribution >= 4 is 6.16 Å². The lowest BCUT2D eigenvalue weighted by Gasteiger charge is -2.12. The minimum absolute atomic E-state index is 0.00854. The molecule has 64 valence electrons. The van der Waals surface area contributed by atoms with E-state index < -0.39 is 11.8 Å². The van der Waals surface area contributed by atoms with Crippen molar-refractivity contribution in [1.82, 2.24) is 0 Å². The highest BCUT2D eigenvalue weighted by Gasteiger charge is 2.69. The molecule has 1 aliphatic rings. The quantitative estimate of drug-likeness (QED) is 0.594. The molecule has 0 heterocycles. The maximum Gasteiger partial charge on any atom is 0.506 e. The molecule has 0 radical (unpaired) electrons. The van der Waals surface area contributed by atoms with Crippen LogP contribution in [0.1, 0.15) is 27.7 Å². The third-order valence-electron chi connectivity index (χ3n) is 3.40. The molecule has 0 bridgehead atoms. The van der Waals surface area contributed by atoms with Crippen LogP contribution in [0.5, 0.6) is 0 Å². The summed E-state index contributed by atoms with van der Waals surface area (Å²) < 4.78 is 4.79. The van der Waals surface area contributed by atoms with Crippen molar-refractivity contribution in [1.29, 1.82) is 0 Å². The number of hydrogen-bond acceptors (Lipinski definition) is 2. The maximum absolute atomic E-state index is 10.3. The predicted octanol–water partition coefficient (Wildman–Crippen LogP) is 2.12. The van der Waals surface area contributed by atoms with Gasteiger partial charge in [-0.3, -0.25) is 0 Å². The Bertz CT molecular complexity index is 198. The highest BCUT2D eigenvalue weighted by atomic mass is 16.7.